The first kappa shape index (κ1) is 26.3. The fourth-order valence-electron chi connectivity index (χ4n) is 5.16. The van der Waals surface area contributed by atoms with Crippen LogP contribution in [-0.4, -0.2) is 41.2 Å². The van der Waals surface area contributed by atoms with Crippen LogP contribution in [0, 0.1) is 36.3 Å². The van der Waals surface area contributed by atoms with Crippen molar-refractivity contribution in [3.63, 3.8) is 0 Å². The molecule has 14 heteroatoms. The van der Waals surface area contributed by atoms with Crippen LogP contribution >= 0.6 is 0 Å². The molecule has 40 heavy (non-hydrogen) atoms. The molecule has 2 aliphatic rings. The van der Waals surface area contributed by atoms with Crippen molar-refractivity contribution in [1.82, 2.24) is 14.8 Å². The van der Waals surface area contributed by atoms with Gasteiger partial charge >= 0.3 is 11.6 Å². The van der Waals surface area contributed by atoms with Crippen LogP contribution in [0.1, 0.15) is 53.8 Å². The summed E-state index contributed by atoms with van der Waals surface area (Å²) in [6.45, 7) is 2.06. The van der Waals surface area contributed by atoms with Crippen LogP contribution in [0.5, 0.6) is 0 Å². The normalized spacial score (nSPS) is 19.3. The number of amides is 1. The first-order chi connectivity index (χ1) is 19.2. The lowest BCUT2D eigenvalue weighted by atomic mass is 9.77. The van der Waals surface area contributed by atoms with E-state index in [-0.39, 0.29) is 23.0 Å². The molecule has 0 spiro atoms. The molecule has 0 bridgehead atoms. The van der Waals surface area contributed by atoms with E-state index in [9.17, 15) is 35.1 Å². The Hall–Kier alpha value is -5.27. The molecule has 2 aromatic carbocycles. The van der Waals surface area contributed by atoms with Crippen LogP contribution in [0.2, 0.25) is 0 Å². The Labute approximate surface area is 226 Å². The summed E-state index contributed by atoms with van der Waals surface area (Å²) in [5.74, 6) is -1.03. The molecule has 1 saturated carbocycles. The monoisotopic (exact) mass is 545 g/mol. The molecule has 0 saturated heterocycles. The van der Waals surface area contributed by atoms with Gasteiger partial charge in [0.2, 0.25) is 5.69 Å². The molecule has 1 fully saturated rings. The molecule has 2 atom stereocenters. The van der Waals surface area contributed by atoms with Crippen molar-refractivity contribution in [3.05, 3.63) is 107 Å². The number of carbonyl (C=O) groups is 1. The molecule has 1 aliphatic heterocycles. The average molecular weight is 546 g/mol. The molecule has 14 nitrogen and oxygen atoms in total. The first-order valence-electron chi connectivity index (χ1n) is 12.5. The number of nitrogens with zero attached hydrogens (tertiary/aromatic N) is 7. The van der Waals surface area contributed by atoms with Crippen molar-refractivity contribution in [2.75, 3.05) is 0 Å². The molecular formula is C26H23N7O7. The van der Waals surface area contributed by atoms with Crippen molar-refractivity contribution < 1.29 is 19.6 Å². The third-order valence-corrected chi connectivity index (χ3v) is 7.07. The molecule has 3 aromatic rings. The zero-order chi connectivity index (χ0) is 28.6. The number of nitro groups is 3. The maximum Gasteiger partial charge on any atom is 0.320 e. The molecular weight excluding hydrogens is 522 g/mol. The summed E-state index contributed by atoms with van der Waals surface area (Å²) >= 11 is 0. The maximum absolute atomic E-state index is 13.8. The lowest BCUT2D eigenvalue weighted by Crippen LogP contribution is -2.32. The number of allylic oxidation sites excluding steroid dienone is 1. The third-order valence-electron chi connectivity index (χ3n) is 7.07. The molecule has 0 N–H and O–H groups in total. The number of aryl methyl sites for hydroxylation is 1. The van der Waals surface area contributed by atoms with Crippen molar-refractivity contribution in [3.8, 4) is 0 Å². The van der Waals surface area contributed by atoms with Crippen LogP contribution < -0.4 is 0 Å². The fourth-order valence-corrected chi connectivity index (χ4v) is 5.16. The summed E-state index contributed by atoms with van der Waals surface area (Å²) in [6.07, 6.45) is 5.13. The fraction of sp³-hybridized carbons (Fsp3) is 0.269. The van der Waals surface area contributed by atoms with Gasteiger partial charge in [0.1, 0.15) is 6.20 Å². The van der Waals surface area contributed by atoms with Crippen LogP contribution in [0.25, 0.3) is 6.08 Å². The van der Waals surface area contributed by atoms with Gasteiger partial charge in [0.05, 0.1) is 26.5 Å². The van der Waals surface area contributed by atoms with E-state index in [2.05, 4.69) is 10.2 Å². The highest BCUT2D eigenvalue weighted by Crippen LogP contribution is 2.45. The molecule has 2 unspecified atom stereocenters. The largest absolute Gasteiger partial charge is 0.320 e. The Balaban J connectivity index is 1.59. The topological polar surface area (TPSA) is 180 Å². The van der Waals surface area contributed by atoms with Gasteiger partial charge in [-0.15, -0.1) is 0 Å². The van der Waals surface area contributed by atoms with E-state index >= 15 is 0 Å². The van der Waals surface area contributed by atoms with Gasteiger partial charge in [-0.05, 0) is 61.1 Å². The second-order valence-corrected chi connectivity index (χ2v) is 9.42. The van der Waals surface area contributed by atoms with Gasteiger partial charge in [0.25, 0.3) is 11.4 Å². The smallest absolute Gasteiger partial charge is 0.265 e. The predicted octanol–water partition coefficient (Wildman–Crippen LogP) is 5.06. The summed E-state index contributed by atoms with van der Waals surface area (Å²) in [5.41, 5.74) is 1.84. The molecule has 204 valence electrons. The molecule has 5 rings (SSSR count). The van der Waals surface area contributed by atoms with E-state index in [0.717, 1.165) is 17.6 Å². The number of hydrazone groups is 1. The number of fused-ring (bicyclic) bond motifs is 1. The van der Waals surface area contributed by atoms with Gasteiger partial charge in [-0.2, -0.15) is 10.2 Å². The highest BCUT2D eigenvalue weighted by molar-refractivity contribution is 6.09. The van der Waals surface area contributed by atoms with E-state index in [1.54, 1.807) is 31.2 Å². The number of hydrogen-bond acceptors (Lipinski definition) is 9. The molecule has 2 heterocycles. The van der Waals surface area contributed by atoms with E-state index in [1.807, 2.05) is 6.08 Å². The van der Waals surface area contributed by atoms with Gasteiger partial charge < -0.3 is 0 Å². The Morgan fingerprint density at radius 3 is 2.17 bits per heavy atom. The highest BCUT2D eigenvalue weighted by atomic mass is 16.6. The van der Waals surface area contributed by atoms with Crippen LogP contribution in [-0.2, 0) is 6.54 Å². The number of aromatic nitrogens is 2. The lowest BCUT2D eigenvalue weighted by molar-refractivity contribution is -0.385. The number of rotatable bonds is 7. The van der Waals surface area contributed by atoms with Crippen molar-refractivity contribution in [2.45, 2.75) is 38.8 Å². The van der Waals surface area contributed by atoms with Crippen molar-refractivity contribution in [2.24, 2.45) is 11.0 Å². The number of non-ortho nitro benzene ring substituents is 2. The van der Waals surface area contributed by atoms with E-state index < -0.39 is 32.4 Å². The van der Waals surface area contributed by atoms with Gasteiger partial charge in [-0.25, -0.2) is 5.01 Å². The van der Waals surface area contributed by atoms with Crippen LogP contribution in [0.15, 0.2) is 65.4 Å². The second kappa shape index (κ2) is 10.5. The Bertz CT molecular complexity index is 1580. The van der Waals surface area contributed by atoms with Crippen molar-refractivity contribution >= 4 is 34.8 Å². The zero-order valence-corrected chi connectivity index (χ0v) is 21.2. The second-order valence-electron chi connectivity index (χ2n) is 9.42. The summed E-state index contributed by atoms with van der Waals surface area (Å²) in [7, 11) is 0. The van der Waals surface area contributed by atoms with Crippen molar-refractivity contribution in [1.29, 1.82) is 0 Å². The Morgan fingerprint density at radius 2 is 1.60 bits per heavy atom. The van der Waals surface area contributed by atoms with E-state index in [4.69, 9.17) is 0 Å². The lowest BCUT2D eigenvalue weighted by Gasteiger charge is -2.29. The number of hydrogen-bond donors (Lipinski definition) is 0. The van der Waals surface area contributed by atoms with E-state index in [1.165, 1.54) is 40.2 Å². The quantitative estimate of drug-likeness (QED) is 0.291. The average Bonchev–Trinajstić information content (AvgIpc) is 3.56. The zero-order valence-electron chi connectivity index (χ0n) is 21.2. The molecule has 1 aromatic heterocycles. The minimum absolute atomic E-state index is 0.0370. The standard InChI is InChI=1S/C26H23N7O7/c1-2-29-15-22(33(39)40)24(27-29)26(34)30-25(17-8-12-20(13-9-17)32(37)38)21-5-3-4-18(23(21)28-30)14-16-6-10-19(11-7-16)31(35)36/h6-15,21,25H,2-5H2,1H3/b18-14-. The van der Waals surface area contributed by atoms with Gasteiger partial charge in [-0.1, -0.05) is 12.1 Å². The number of benzene rings is 2. The van der Waals surface area contributed by atoms with Gasteiger partial charge in [0, 0.05) is 36.7 Å². The minimum atomic E-state index is -0.751. The highest BCUT2D eigenvalue weighted by Gasteiger charge is 2.46. The summed E-state index contributed by atoms with van der Waals surface area (Å²) in [6, 6.07) is 11.2. The Morgan fingerprint density at radius 1 is 0.975 bits per heavy atom. The summed E-state index contributed by atoms with van der Waals surface area (Å²) in [5, 5.41) is 44.0. The molecule has 1 amide bonds. The van der Waals surface area contributed by atoms with Gasteiger partial charge in [0.15, 0.2) is 0 Å². The SMILES string of the molecule is CCn1cc([N+](=O)[O-])c(C(=O)N2N=C3/C(=C\c4ccc([N+](=O)[O-])cc4)CCCC3C2c2ccc([N+](=O)[O-])cc2)n1. The number of nitro benzene ring substituents is 2. The molecule has 1 aliphatic carbocycles. The maximum atomic E-state index is 13.8. The van der Waals surface area contributed by atoms with Gasteiger partial charge in [-0.3, -0.25) is 39.8 Å². The minimum Gasteiger partial charge on any atom is -0.265 e. The van der Waals surface area contributed by atoms with E-state index in [0.29, 0.717) is 30.7 Å². The summed E-state index contributed by atoms with van der Waals surface area (Å²) < 4.78 is 1.31. The van der Waals surface area contributed by atoms with Crippen LogP contribution in [0.3, 0.4) is 0 Å². The number of carbonyl (C=O) groups excluding carboxylic acids is 1. The Kier molecular flexibility index (Phi) is 6.90. The summed E-state index contributed by atoms with van der Waals surface area (Å²) in [4.78, 5) is 46.1. The first-order valence-corrected chi connectivity index (χ1v) is 12.5. The third kappa shape index (κ3) is 4.81. The predicted molar refractivity (Wildman–Crippen MR) is 142 cm³/mol. The van der Waals surface area contributed by atoms with Crippen LogP contribution in [0.4, 0.5) is 17.1 Å². The molecule has 0 radical (unpaired) electrons.